The van der Waals surface area contributed by atoms with Gasteiger partial charge in [-0.05, 0) is 31.0 Å². The lowest BCUT2D eigenvalue weighted by atomic mass is 9.88. The van der Waals surface area contributed by atoms with Crippen LogP contribution in [0.5, 0.6) is 0 Å². The fraction of sp³-hybridized carbons (Fsp3) is 0.500. The molecule has 0 aromatic heterocycles. The Morgan fingerprint density at radius 1 is 1.20 bits per heavy atom. The summed E-state index contributed by atoms with van der Waals surface area (Å²) < 4.78 is 5.04. The number of Topliss-reactive ketones (excluding diaryl/α,β-unsaturated/α-hetero) is 1. The first-order valence-corrected chi connectivity index (χ1v) is 8.37. The van der Waals surface area contributed by atoms with E-state index in [-0.39, 0.29) is 18.7 Å². The quantitative estimate of drug-likeness (QED) is 0.765. The molecule has 1 aromatic rings. The molecule has 2 atom stereocenters. The minimum absolute atomic E-state index is 0.106. The van der Waals surface area contributed by atoms with E-state index in [1.807, 2.05) is 0 Å². The molecule has 0 aliphatic rings. The maximum Gasteiger partial charge on any atom is 0.407 e. The summed E-state index contributed by atoms with van der Waals surface area (Å²) in [5.74, 6) is -1.95. The second kappa shape index (κ2) is 8.85. The third-order valence-electron chi connectivity index (χ3n) is 3.67. The highest BCUT2D eigenvalue weighted by atomic mass is 35.5. The van der Waals surface area contributed by atoms with Crippen molar-refractivity contribution in [3.05, 3.63) is 34.9 Å². The van der Waals surface area contributed by atoms with Gasteiger partial charge in [-0.1, -0.05) is 44.5 Å². The summed E-state index contributed by atoms with van der Waals surface area (Å²) in [4.78, 5) is 35.2. The van der Waals surface area contributed by atoms with E-state index in [1.54, 1.807) is 45.0 Å². The van der Waals surface area contributed by atoms with E-state index in [0.29, 0.717) is 10.6 Å². The first-order valence-electron chi connectivity index (χ1n) is 7.99. The van der Waals surface area contributed by atoms with Crippen molar-refractivity contribution in [2.24, 2.45) is 5.41 Å². The van der Waals surface area contributed by atoms with Crippen LogP contribution < -0.4 is 5.32 Å². The molecule has 25 heavy (non-hydrogen) atoms. The number of carbonyl (C=O) groups excluding carboxylic acids is 2. The highest BCUT2D eigenvalue weighted by molar-refractivity contribution is 6.30. The Morgan fingerprint density at radius 2 is 1.76 bits per heavy atom. The highest BCUT2D eigenvalue weighted by Gasteiger charge is 2.29. The largest absolute Gasteiger partial charge is 0.481 e. The number of halogens is 1. The van der Waals surface area contributed by atoms with Crippen LogP contribution in [0.25, 0.3) is 0 Å². The third kappa shape index (κ3) is 6.74. The summed E-state index contributed by atoms with van der Waals surface area (Å²) in [7, 11) is 0. The Balaban J connectivity index is 2.53. The van der Waals surface area contributed by atoms with Crippen LogP contribution in [0.2, 0.25) is 5.02 Å². The van der Waals surface area contributed by atoms with Crippen LogP contribution in [0, 0.1) is 5.41 Å². The number of amides is 1. The summed E-state index contributed by atoms with van der Waals surface area (Å²) in [6, 6.07) is 6.52. The third-order valence-corrected chi connectivity index (χ3v) is 3.92. The zero-order valence-corrected chi connectivity index (χ0v) is 15.6. The first-order chi connectivity index (χ1) is 11.5. The van der Waals surface area contributed by atoms with Crippen molar-refractivity contribution >= 4 is 29.4 Å². The minimum Gasteiger partial charge on any atom is -0.481 e. The van der Waals surface area contributed by atoms with E-state index < -0.39 is 29.5 Å². The van der Waals surface area contributed by atoms with E-state index in [0.717, 1.165) is 0 Å². The van der Waals surface area contributed by atoms with Gasteiger partial charge in [0, 0.05) is 17.0 Å². The van der Waals surface area contributed by atoms with E-state index in [9.17, 15) is 19.5 Å². The van der Waals surface area contributed by atoms with Gasteiger partial charge in [-0.2, -0.15) is 0 Å². The molecule has 0 spiro atoms. The van der Waals surface area contributed by atoms with Crippen molar-refractivity contribution in [1.29, 1.82) is 0 Å². The first kappa shape index (κ1) is 21.0. The average molecular weight is 370 g/mol. The van der Waals surface area contributed by atoms with Crippen LogP contribution in [0.15, 0.2) is 24.3 Å². The lowest BCUT2D eigenvalue weighted by Crippen LogP contribution is -2.37. The molecule has 0 aliphatic heterocycles. The van der Waals surface area contributed by atoms with E-state index in [2.05, 4.69) is 5.32 Å². The number of alkyl carbamates (subject to hydrolysis) is 1. The lowest BCUT2D eigenvalue weighted by molar-refractivity contribution is -0.139. The number of nitrogens with one attached hydrogen (secondary N) is 1. The van der Waals surface area contributed by atoms with Crippen LogP contribution >= 0.6 is 11.6 Å². The predicted molar refractivity (Wildman–Crippen MR) is 94.9 cm³/mol. The molecular formula is C18H24ClNO5. The zero-order chi connectivity index (χ0) is 19.2. The van der Waals surface area contributed by atoms with Gasteiger partial charge in [-0.25, -0.2) is 4.79 Å². The molecule has 1 aromatic carbocycles. The van der Waals surface area contributed by atoms with Crippen molar-refractivity contribution in [2.45, 2.75) is 46.1 Å². The molecule has 0 bridgehead atoms. The molecule has 1 amide bonds. The number of carboxylic acid groups (broad SMARTS) is 1. The highest BCUT2D eigenvalue weighted by Crippen LogP contribution is 2.22. The molecule has 0 saturated carbocycles. The Hall–Kier alpha value is -2.08. The van der Waals surface area contributed by atoms with Gasteiger partial charge in [0.15, 0.2) is 11.9 Å². The number of hydrogen-bond acceptors (Lipinski definition) is 4. The average Bonchev–Trinajstić information content (AvgIpc) is 2.50. The topological polar surface area (TPSA) is 92.7 Å². The number of rotatable bonds is 7. The molecule has 0 aliphatic carbocycles. The van der Waals surface area contributed by atoms with Crippen LogP contribution in [0.3, 0.4) is 0 Å². The van der Waals surface area contributed by atoms with Crippen LogP contribution in [0.4, 0.5) is 4.79 Å². The molecule has 2 N–H and O–H groups in total. The van der Waals surface area contributed by atoms with Crippen LogP contribution in [0.1, 0.15) is 45.6 Å². The molecule has 138 valence electrons. The van der Waals surface area contributed by atoms with Crippen LogP contribution in [-0.2, 0) is 14.3 Å². The van der Waals surface area contributed by atoms with Gasteiger partial charge in [0.05, 0.1) is 5.92 Å². The number of carboxylic acids is 1. The molecule has 0 saturated heterocycles. The Bertz CT molecular complexity index is 621. The number of hydrogen-bond donors (Lipinski definition) is 2. The zero-order valence-electron chi connectivity index (χ0n) is 14.8. The molecular weight excluding hydrogens is 346 g/mol. The fourth-order valence-corrected chi connectivity index (χ4v) is 2.44. The number of benzene rings is 1. The standard InChI is InChI=1S/C18H24ClNO5/c1-11(15(21)18(2,3)4)25-17(24)20-10-9-14(16(22)23)12-5-7-13(19)8-6-12/h5-8,11,14H,9-10H2,1-4H3,(H,20,24)(H,22,23). The molecule has 1 rings (SSSR count). The summed E-state index contributed by atoms with van der Waals surface area (Å²) in [5, 5.41) is 12.4. The Labute approximate surface area is 152 Å². The van der Waals surface area contributed by atoms with Crippen molar-refractivity contribution in [3.8, 4) is 0 Å². The number of carbonyl (C=O) groups is 3. The van der Waals surface area contributed by atoms with Gasteiger partial charge in [0.25, 0.3) is 0 Å². The second-order valence-corrected chi connectivity index (χ2v) is 7.26. The van der Waals surface area contributed by atoms with Crippen molar-refractivity contribution in [1.82, 2.24) is 5.32 Å². The normalized spacial score (nSPS) is 13.6. The lowest BCUT2D eigenvalue weighted by Gasteiger charge is -2.22. The maximum atomic E-state index is 12.0. The minimum atomic E-state index is -0.992. The maximum absolute atomic E-state index is 12.0. The smallest absolute Gasteiger partial charge is 0.407 e. The molecule has 0 radical (unpaired) electrons. The SMILES string of the molecule is CC(OC(=O)NCCC(C(=O)O)c1ccc(Cl)cc1)C(=O)C(C)(C)C. The van der Waals surface area contributed by atoms with Crippen molar-refractivity contribution in [2.75, 3.05) is 6.54 Å². The summed E-state index contributed by atoms with van der Waals surface area (Å²) in [6.45, 7) is 6.86. The van der Waals surface area contributed by atoms with Gasteiger partial charge >= 0.3 is 12.1 Å². The van der Waals surface area contributed by atoms with E-state index >= 15 is 0 Å². The molecule has 7 heteroatoms. The van der Waals surface area contributed by atoms with E-state index in [1.165, 1.54) is 6.92 Å². The van der Waals surface area contributed by atoms with Crippen molar-refractivity contribution < 1.29 is 24.2 Å². The molecule has 2 unspecified atom stereocenters. The molecule has 0 fully saturated rings. The number of ether oxygens (including phenoxy) is 1. The number of ketones is 1. The van der Waals surface area contributed by atoms with Crippen LogP contribution in [-0.4, -0.2) is 35.6 Å². The predicted octanol–water partition coefficient (Wildman–Crippen LogP) is 3.63. The van der Waals surface area contributed by atoms with Gasteiger partial charge in [-0.3, -0.25) is 9.59 Å². The summed E-state index contributed by atoms with van der Waals surface area (Å²) in [6.07, 6.45) is -1.43. The fourth-order valence-electron chi connectivity index (χ4n) is 2.31. The van der Waals surface area contributed by atoms with Gasteiger partial charge < -0.3 is 15.2 Å². The second-order valence-electron chi connectivity index (χ2n) is 6.82. The Kier molecular flexibility index (Phi) is 7.42. The van der Waals surface area contributed by atoms with Crippen molar-refractivity contribution in [3.63, 3.8) is 0 Å². The van der Waals surface area contributed by atoms with Gasteiger partial charge in [0.2, 0.25) is 0 Å². The van der Waals surface area contributed by atoms with Gasteiger partial charge in [0.1, 0.15) is 0 Å². The number of aliphatic carboxylic acids is 1. The van der Waals surface area contributed by atoms with Gasteiger partial charge in [-0.15, -0.1) is 0 Å². The molecule has 0 heterocycles. The summed E-state index contributed by atoms with van der Waals surface area (Å²) in [5.41, 5.74) is -0.00813. The monoisotopic (exact) mass is 369 g/mol. The summed E-state index contributed by atoms with van der Waals surface area (Å²) >= 11 is 5.80. The Morgan fingerprint density at radius 3 is 2.24 bits per heavy atom. The van der Waals surface area contributed by atoms with E-state index in [4.69, 9.17) is 16.3 Å². The molecule has 6 nitrogen and oxygen atoms in total.